The van der Waals surface area contributed by atoms with E-state index in [0.717, 1.165) is 49.5 Å². The Labute approximate surface area is 153 Å². The van der Waals surface area contributed by atoms with Gasteiger partial charge < -0.3 is 9.73 Å². The van der Waals surface area contributed by atoms with E-state index in [0.29, 0.717) is 5.89 Å². The van der Waals surface area contributed by atoms with Gasteiger partial charge in [-0.3, -0.25) is 9.69 Å². The Morgan fingerprint density at radius 3 is 2.84 bits per heavy atom. The number of thioether (sulfide) groups is 1. The summed E-state index contributed by atoms with van der Waals surface area (Å²) in [6, 6.07) is 8.25. The predicted molar refractivity (Wildman–Crippen MR) is 101 cm³/mol. The van der Waals surface area contributed by atoms with Crippen molar-refractivity contribution in [2.75, 3.05) is 26.4 Å². The van der Waals surface area contributed by atoms with Gasteiger partial charge in [-0.15, -0.1) is 11.8 Å². The zero-order chi connectivity index (χ0) is 17.8. The van der Waals surface area contributed by atoms with Crippen LogP contribution < -0.4 is 5.32 Å². The standard InChI is InChI=1S/C19H25N3O2S/c1-13-17(12-22-10-4-5-15(11-22)18(23)20-2)21-19(24-13)14-6-8-16(25-3)9-7-14/h6-9,15H,4-5,10-12H2,1-3H3,(H,20,23). The maximum atomic E-state index is 11.9. The highest BCUT2D eigenvalue weighted by Gasteiger charge is 2.26. The third kappa shape index (κ3) is 4.25. The number of aryl methyl sites for hydroxylation is 1. The molecule has 0 bridgehead atoms. The number of benzene rings is 1. The third-order valence-corrected chi connectivity index (χ3v) is 5.47. The van der Waals surface area contributed by atoms with Gasteiger partial charge in [0.1, 0.15) is 5.76 Å². The molecule has 1 aromatic carbocycles. The van der Waals surface area contributed by atoms with E-state index in [4.69, 9.17) is 9.40 Å². The van der Waals surface area contributed by atoms with E-state index in [9.17, 15) is 4.79 Å². The molecule has 0 aliphatic carbocycles. The third-order valence-electron chi connectivity index (χ3n) is 4.73. The van der Waals surface area contributed by atoms with E-state index in [1.165, 1.54) is 4.90 Å². The molecule has 1 aromatic heterocycles. The number of carbonyl (C=O) groups excluding carboxylic acids is 1. The van der Waals surface area contributed by atoms with Crippen molar-refractivity contribution in [1.82, 2.24) is 15.2 Å². The van der Waals surface area contributed by atoms with Crippen LogP contribution in [0.2, 0.25) is 0 Å². The van der Waals surface area contributed by atoms with Gasteiger partial charge in [-0.2, -0.15) is 0 Å². The number of rotatable bonds is 5. The molecule has 0 radical (unpaired) electrons. The van der Waals surface area contributed by atoms with Gasteiger partial charge in [-0.1, -0.05) is 0 Å². The number of oxazole rings is 1. The summed E-state index contributed by atoms with van der Waals surface area (Å²) in [4.78, 5) is 20.1. The molecule has 5 nitrogen and oxygen atoms in total. The van der Waals surface area contributed by atoms with Crippen LogP contribution in [0.25, 0.3) is 11.5 Å². The van der Waals surface area contributed by atoms with Crippen LogP contribution in [0.15, 0.2) is 33.6 Å². The molecule has 1 N–H and O–H groups in total. The van der Waals surface area contributed by atoms with Gasteiger partial charge in [0.05, 0.1) is 11.6 Å². The van der Waals surface area contributed by atoms with Crippen LogP contribution in [-0.2, 0) is 11.3 Å². The summed E-state index contributed by atoms with van der Waals surface area (Å²) in [6.45, 7) is 4.47. The number of hydrogen-bond acceptors (Lipinski definition) is 5. The fourth-order valence-electron chi connectivity index (χ4n) is 3.26. The molecular weight excluding hydrogens is 334 g/mol. The summed E-state index contributed by atoms with van der Waals surface area (Å²) < 4.78 is 5.89. The highest BCUT2D eigenvalue weighted by atomic mass is 32.2. The average molecular weight is 359 g/mol. The van der Waals surface area contributed by atoms with E-state index in [1.54, 1.807) is 18.8 Å². The lowest BCUT2D eigenvalue weighted by Gasteiger charge is -2.31. The lowest BCUT2D eigenvalue weighted by Crippen LogP contribution is -2.41. The number of aromatic nitrogens is 1. The minimum atomic E-state index is 0.0736. The molecule has 2 heterocycles. The molecule has 25 heavy (non-hydrogen) atoms. The Kier molecular flexibility index (Phi) is 5.81. The number of likely N-dealkylation sites (tertiary alicyclic amines) is 1. The molecule has 3 rings (SSSR count). The van der Waals surface area contributed by atoms with Crippen LogP contribution in [0.3, 0.4) is 0 Å². The van der Waals surface area contributed by atoms with Crippen LogP contribution in [0.1, 0.15) is 24.3 Å². The SMILES string of the molecule is CNC(=O)C1CCCN(Cc2nc(-c3ccc(SC)cc3)oc2C)C1. The van der Waals surface area contributed by atoms with Crippen LogP contribution in [0.4, 0.5) is 0 Å². The van der Waals surface area contributed by atoms with Gasteiger partial charge in [0.2, 0.25) is 11.8 Å². The monoisotopic (exact) mass is 359 g/mol. The lowest BCUT2D eigenvalue weighted by atomic mass is 9.97. The van der Waals surface area contributed by atoms with Crippen molar-refractivity contribution in [1.29, 1.82) is 0 Å². The van der Waals surface area contributed by atoms with Crippen LogP contribution in [0, 0.1) is 12.8 Å². The summed E-state index contributed by atoms with van der Waals surface area (Å²) >= 11 is 1.72. The molecule has 2 aromatic rings. The normalized spacial score (nSPS) is 18.3. The number of carbonyl (C=O) groups is 1. The smallest absolute Gasteiger partial charge is 0.226 e. The van der Waals surface area contributed by atoms with Crippen molar-refractivity contribution < 1.29 is 9.21 Å². The van der Waals surface area contributed by atoms with Crippen molar-refractivity contribution >= 4 is 17.7 Å². The first-order valence-electron chi connectivity index (χ1n) is 8.65. The maximum Gasteiger partial charge on any atom is 0.226 e. The molecule has 1 atom stereocenters. The zero-order valence-electron chi connectivity index (χ0n) is 15.0. The molecule has 1 aliphatic heterocycles. The fraction of sp³-hybridized carbons (Fsp3) is 0.474. The molecule has 6 heteroatoms. The molecule has 1 amide bonds. The Hall–Kier alpha value is -1.79. The highest BCUT2D eigenvalue weighted by Crippen LogP contribution is 2.26. The molecule has 0 saturated carbocycles. The van der Waals surface area contributed by atoms with E-state index in [1.807, 2.05) is 19.1 Å². The van der Waals surface area contributed by atoms with Gasteiger partial charge in [0, 0.05) is 30.6 Å². The summed E-state index contributed by atoms with van der Waals surface area (Å²) in [5.41, 5.74) is 1.95. The summed E-state index contributed by atoms with van der Waals surface area (Å²) in [6.07, 6.45) is 4.06. The Morgan fingerprint density at radius 1 is 1.40 bits per heavy atom. The van der Waals surface area contributed by atoms with Crippen LogP contribution in [0.5, 0.6) is 0 Å². The lowest BCUT2D eigenvalue weighted by molar-refractivity contribution is -0.126. The van der Waals surface area contributed by atoms with Crippen LogP contribution >= 0.6 is 11.8 Å². The van der Waals surface area contributed by atoms with Gasteiger partial charge in [0.25, 0.3) is 0 Å². The van der Waals surface area contributed by atoms with Crippen LogP contribution in [-0.4, -0.2) is 42.2 Å². The van der Waals surface area contributed by atoms with E-state index in [2.05, 4.69) is 28.6 Å². The molecule has 1 unspecified atom stereocenters. The van der Waals surface area contributed by atoms with Crippen molar-refractivity contribution in [2.24, 2.45) is 5.92 Å². The minimum Gasteiger partial charge on any atom is -0.441 e. The van der Waals surface area contributed by atoms with Crippen molar-refractivity contribution in [3.8, 4) is 11.5 Å². The summed E-state index contributed by atoms with van der Waals surface area (Å²) in [5, 5.41) is 2.76. The first kappa shape index (κ1) is 18.0. The molecule has 1 saturated heterocycles. The second kappa shape index (κ2) is 8.06. The molecular formula is C19H25N3O2S. The minimum absolute atomic E-state index is 0.0736. The van der Waals surface area contributed by atoms with Gasteiger partial charge in [0.15, 0.2) is 0 Å². The Bertz CT molecular complexity index is 727. The number of hydrogen-bond donors (Lipinski definition) is 1. The first-order chi connectivity index (χ1) is 12.1. The van der Waals surface area contributed by atoms with E-state index >= 15 is 0 Å². The van der Waals surface area contributed by atoms with Crippen molar-refractivity contribution in [3.63, 3.8) is 0 Å². The molecule has 1 fully saturated rings. The molecule has 134 valence electrons. The fourth-order valence-corrected chi connectivity index (χ4v) is 3.67. The summed E-state index contributed by atoms with van der Waals surface area (Å²) in [5.74, 6) is 1.73. The number of nitrogens with zero attached hydrogens (tertiary/aromatic N) is 2. The predicted octanol–water partition coefficient (Wildman–Crippen LogP) is 3.33. The first-order valence-corrected chi connectivity index (χ1v) is 9.88. The van der Waals surface area contributed by atoms with E-state index < -0.39 is 0 Å². The topological polar surface area (TPSA) is 58.4 Å². The Balaban J connectivity index is 1.70. The van der Waals surface area contributed by atoms with Gasteiger partial charge in [-0.05, 0) is 56.8 Å². The van der Waals surface area contributed by atoms with Crippen molar-refractivity contribution in [3.05, 3.63) is 35.7 Å². The highest BCUT2D eigenvalue weighted by molar-refractivity contribution is 7.98. The van der Waals surface area contributed by atoms with Gasteiger partial charge >= 0.3 is 0 Å². The molecule has 1 aliphatic rings. The second-order valence-corrected chi connectivity index (χ2v) is 7.32. The summed E-state index contributed by atoms with van der Waals surface area (Å²) in [7, 11) is 1.71. The molecule has 0 spiro atoms. The van der Waals surface area contributed by atoms with Crippen molar-refractivity contribution in [2.45, 2.75) is 31.2 Å². The number of nitrogens with one attached hydrogen (secondary N) is 1. The quantitative estimate of drug-likeness (QED) is 0.830. The zero-order valence-corrected chi connectivity index (χ0v) is 15.9. The average Bonchev–Trinajstić information content (AvgIpc) is 3.02. The largest absolute Gasteiger partial charge is 0.441 e. The number of amides is 1. The number of piperidine rings is 1. The Morgan fingerprint density at radius 2 is 2.16 bits per heavy atom. The maximum absolute atomic E-state index is 11.9. The van der Waals surface area contributed by atoms with E-state index in [-0.39, 0.29) is 11.8 Å². The second-order valence-electron chi connectivity index (χ2n) is 6.44. The van der Waals surface area contributed by atoms with Gasteiger partial charge in [-0.25, -0.2) is 4.98 Å².